The van der Waals surface area contributed by atoms with Crippen molar-refractivity contribution in [3.63, 3.8) is 0 Å². The lowest BCUT2D eigenvalue weighted by molar-refractivity contribution is -0.385. The monoisotopic (exact) mass is 263 g/mol. The first-order valence-corrected chi connectivity index (χ1v) is 6.33. The summed E-state index contributed by atoms with van der Waals surface area (Å²) >= 11 is 0. The van der Waals surface area contributed by atoms with Crippen LogP contribution >= 0.6 is 0 Å². The number of nitro groups is 1. The minimum atomic E-state index is -0.369. The molecule has 0 saturated heterocycles. The average molecular weight is 263 g/mol. The zero-order chi connectivity index (χ0) is 13.8. The van der Waals surface area contributed by atoms with E-state index in [2.05, 4.69) is 4.90 Å². The van der Waals surface area contributed by atoms with Crippen LogP contribution in [0.25, 0.3) is 0 Å². The second kappa shape index (κ2) is 5.79. The molecule has 1 heterocycles. The van der Waals surface area contributed by atoms with E-state index in [1.54, 1.807) is 12.1 Å². The molecule has 1 aliphatic rings. The van der Waals surface area contributed by atoms with Crippen molar-refractivity contribution in [3.05, 3.63) is 39.4 Å². The van der Waals surface area contributed by atoms with Crippen LogP contribution in [0, 0.1) is 10.1 Å². The third kappa shape index (κ3) is 3.51. The van der Waals surface area contributed by atoms with Crippen molar-refractivity contribution in [2.24, 2.45) is 5.73 Å². The quantitative estimate of drug-likeness (QED) is 0.639. The van der Waals surface area contributed by atoms with Gasteiger partial charge in [-0.3, -0.25) is 19.8 Å². The van der Waals surface area contributed by atoms with E-state index < -0.39 is 0 Å². The predicted molar refractivity (Wildman–Crippen MR) is 70.5 cm³/mol. The Morgan fingerprint density at radius 2 is 2.21 bits per heavy atom. The van der Waals surface area contributed by atoms with Crippen LogP contribution in [0.2, 0.25) is 0 Å². The number of hydrogen-bond acceptors (Lipinski definition) is 4. The molecule has 2 rings (SSSR count). The molecule has 1 aliphatic heterocycles. The zero-order valence-corrected chi connectivity index (χ0v) is 10.7. The van der Waals surface area contributed by atoms with Gasteiger partial charge in [0.15, 0.2) is 0 Å². The zero-order valence-electron chi connectivity index (χ0n) is 10.7. The normalized spacial score (nSPS) is 14.9. The number of nitrogens with two attached hydrogens (primary N) is 1. The topological polar surface area (TPSA) is 89.5 Å². The summed E-state index contributed by atoms with van der Waals surface area (Å²) in [6.07, 6.45) is 2.02. The molecular weight excluding hydrogens is 246 g/mol. The van der Waals surface area contributed by atoms with Crippen molar-refractivity contribution in [2.45, 2.75) is 25.8 Å². The number of rotatable bonds is 5. The molecule has 0 bridgehead atoms. The smallest absolute Gasteiger partial charge is 0.269 e. The van der Waals surface area contributed by atoms with Crippen molar-refractivity contribution < 1.29 is 9.72 Å². The molecule has 1 amide bonds. The van der Waals surface area contributed by atoms with Crippen LogP contribution in [0.5, 0.6) is 0 Å². The highest BCUT2D eigenvalue weighted by atomic mass is 16.6. The molecule has 0 saturated carbocycles. The summed E-state index contributed by atoms with van der Waals surface area (Å²) in [6, 6.07) is 5.05. The number of carbonyl (C=O) groups is 1. The summed E-state index contributed by atoms with van der Waals surface area (Å²) in [5.41, 5.74) is 7.43. The van der Waals surface area contributed by atoms with Crippen LogP contribution in [0.15, 0.2) is 18.2 Å². The van der Waals surface area contributed by atoms with E-state index in [4.69, 9.17) is 5.73 Å². The van der Waals surface area contributed by atoms with Crippen LogP contribution < -0.4 is 5.73 Å². The lowest BCUT2D eigenvalue weighted by Gasteiger charge is -2.28. The van der Waals surface area contributed by atoms with Gasteiger partial charge in [0.1, 0.15) is 0 Å². The van der Waals surface area contributed by atoms with E-state index in [0.29, 0.717) is 13.0 Å². The van der Waals surface area contributed by atoms with Gasteiger partial charge < -0.3 is 5.73 Å². The largest absolute Gasteiger partial charge is 0.370 e. The maximum atomic E-state index is 10.8. The van der Waals surface area contributed by atoms with Gasteiger partial charge in [0.05, 0.1) is 4.92 Å². The van der Waals surface area contributed by atoms with Gasteiger partial charge in [0.2, 0.25) is 5.91 Å². The highest BCUT2D eigenvalue weighted by Crippen LogP contribution is 2.23. The van der Waals surface area contributed by atoms with Crippen molar-refractivity contribution in [2.75, 3.05) is 13.1 Å². The molecule has 0 atom stereocenters. The van der Waals surface area contributed by atoms with Gasteiger partial charge in [0.25, 0.3) is 5.69 Å². The molecule has 0 radical (unpaired) electrons. The third-order valence-electron chi connectivity index (χ3n) is 3.39. The van der Waals surface area contributed by atoms with E-state index in [9.17, 15) is 14.9 Å². The molecule has 1 aromatic carbocycles. The van der Waals surface area contributed by atoms with Crippen LogP contribution in [0.1, 0.15) is 24.0 Å². The Bertz CT molecular complexity index is 502. The summed E-state index contributed by atoms with van der Waals surface area (Å²) < 4.78 is 0. The fourth-order valence-corrected chi connectivity index (χ4v) is 2.38. The van der Waals surface area contributed by atoms with E-state index >= 15 is 0 Å². The van der Waals surface area contributed by atoms with Gasteiger partial charge in [-0.15, -0.1) is 0 Å². The van der Waals surface area contributed by atoms with E-state index in [1.165, 1.54) is 5.56 Å². The Kier molecular flexibility index (Phi) is 4.11. The van der Waals surface area contributed by atoms with Gasteiger partial charge in [-0.1, -0.05) is 6.07 Å². The minimum absolute atomic E-state index is 0.137. The lowest BCUT2D eigenvalue weighted by atomic mass is 9.99. The van der Waals surface area contributed by atoms with Crippen LogP contribution in [-0.4, -0.2) is 28.8 Å². The fourth-order valence-electron chi connectivity index (χ4n) is 2.38. The van der Waals surface area contributed by atoms with E-state index in [0.717, 1.165) is 31.5 Å². The van der Waals surface area contributed by atoms with Crippen LogP contribution in [-0.2, 0) is 17.8 Å². The molecule has 6 nitrogen and oxygen atoms in total. The SMILES string of the molecule is NC(=O)CCCN1CCc2ccc([N+](=O)[O-])cc2C1. The molecule has 0 aromatic heterocycles. The van der Waals surface area contributed by atoms with E-state index in [1.807, 2.05) is 6.07 Å². The molecule has 102 valence electrons. The predicted octanol–water partition coefficient (Wildman–Crippen LogP) is 1.22. The first-order chi connectivity index (χ1) is 9.06. The van der Waals surface area contributed by atoms with Gasteiger partial charge in [0, 0.05) is 31.6 Å². The second-order valence-corrected chi connectivity index (χ2v) is 4.81. The maximum absolute atomic E-state index is 10.8. The van der Waals surface area contributed by atoms with Gasteiger partial charge >= 0.3 is 0 Å². The molecule has 0 spiro atoms. The molecule has 0 fully saturated rings. The number of nitrogens with zero attached hydrogens (tertiary/aromatic N) is 2. The van der Waals surface area contributed by atoms with Gasteiger partial charge in [-0.25, -0.2) is 0 Å². The molecule has 19 heavy (non-hydrogen) atoms. The highest BCUT2D eigenvalue weighted by Gasteiger charge is 2.18. The Morgan fingerprint density at radius 1 is 1.42 bits per heavy atom. The van der Waals surface area contributed by atoms with Crippen LogP contribution in [0.3, 0.4) is 0 Å². The summed E-state index contributed by atoms with van der Waals surface area (Å²) in [5.74, 6) is -0.284. The lowest BCUT2D eigenvalue weighted by Crippen LogP contribution is -2.31. The summed E-state index contributed by atoms with van der Waals surface area (Å²) in [4.78, 5) is 23.3. The van der Waals surface area contributed by atoms with Gasteiger partial charge in [-0.05, 0) is 30.5 Å². The Morgan fingerprint density at radius 3 is 2.89 bits per heavy atom. The number of carbonyl (C=O) groups excluding carboxylic acids is 1. The Labute approximate surface area is 111 Å². The number of hydrogen-bond donors (Lipinski definition) is 1. The molecular formula is C13H17N3O3. The first-order valence-electron chi connectivity index (χ1n) is 6.33. The number of fused-ring (bicyclic) bond motifs is 1. The Balaban J connectivity index is 1.99. The van der Waals surface area contributed by atoms with Crippen molar-refractivity contribution in [1.29, 1.82) is 0 Å². The number of primary amides is 1. The maximum Gasteiger partial charge on any atom is 0.269 e. The average Bonchev–Trinajstić information content (AvgIpc) is 2.37. The second-order valence-electron chi connectivity index (χ2n) is 4.81. The van der Waals surface area contributed by atoms with E-state index in [-0.39, 0.29) is 16.5 Å². The Hall–Kier alpha value is -1.95. The molecule has 1 aromatic rings. The van der Waals surface area contributed by atoms with Crippen molar-refractivity contribution in [1.82, 2.24) is 4.90 Å². The van der Waals surface area contributed by atoms with Crippen LogP contribution in [0.4, 0.5) is 5.69 Å². The van der Waals surface area contributed by atoms with Crippen molar-refractivity contribution in [3.8, 4) is 0 Å². The number of benzene rings is 1. The van der Waals surface area contributed by atoms with Crippen molar-refractivity contribution >= 4 is 11.6 Å². The highest BCUT2D eigenvalue weighted by molar-refractivity contribution is 5.73. The first kappa shape index (κ1) is 13.5. The molecule has 0 aliphatic carbocycles. The number of non-ortho nitro benzene ring substituents is 1. The summed E-state index contributed by atoms with van der Waals surface area (Å²) in [6.45, 7) is 2.42. The molecule has 0 unspecified atom stereocenters. The summed E-state index contributed by atoms with van der Waals surface area (Å²) in [5, 5.41) is 10.8. The third-order valence-corrected chi connectivity index (χ3v) is 3.39. The van der Waals surface area contributed by atoms with Gasteiger partial charge in [-0.2, -0.15) is 0 Å². The number of nitro benzene ring substituents is 1. The standard InChI is InChI=1S/C13H17N3O3/c14-13(17)2-1-6-15-7-5-10-3-4-12(16(18)19)8-11(10)9-15/h3-4,8H,1-2,5-7,9H2,(H2,14,17). The number of amides is 1. The minimum Gasteiger partial charge on any atom is -0.370 e. The molecule has 6 heteroatoms. The molecule has 2 N–H and O–H groups in total. The summed E-state index contributed by atoms with van der Waals surface area (Å²) in [7, 11) is 0. The fraction of sp³-hybridized carbons (Fsp3) is 0.462.